The van der Waals surface area contributed by atoms with E-state index < -0.39 is 0 Å². The lowest BCUT2D eigenvalue weighted by molar-refractivity contribution is -0.123. The Hall–Kier alpha value is -3.38. The van der Waals surface area contributed by atoms with E-state index in [2.05, 4.69) is 34.9 Å². The van der Waals surface area contributed by atoms with Gasteiger partial charge in [-0.25, -0.2) is 0 Å². The van der Waals surface area contributed by atoms with E-state index in [1.54, 1.807) is 24.1 Å². The molecule has 0 saturated heterocycles. The zero-order valence-corrected chi connectivity index (χ0v) is 18.2. The lowest BCUT2D eigenvalue weighted by Crippen LogP contribution is -2.41. The highest BCUT2D eigenvalue weighted by atomic mass is 16.5. The summed E-state index contributed by atoms with van der Waals surface area (Å²) in [6, 6.07) is 21.5. The smallest absolute Gasteiger partial charge is 0.238 e. The fourth-order valence-electron chi connectivity index (χ4n) is 3.47. The molecule has 3 aromatic rings. The van der Waals surface area contributed by atoms with Gasteiger partial charge < -0.3 is 15.4 Å². The molecule has 1 atom stereocenters. The summed E-state index contributed by atoms with van der Waals surface area (Å²) >= 11 is 0. The highest BCUT2D eigenvalue weighted by Crippen LogP contribution is 2.23. The number of carbonyl (C=O) groups is 2. The highest BCUT2D eigenvalue weighted by Gasteiger charge is 2.16. The number of nitrogens with zero attached hydrogens (tertiary/aromatic N) is 1. The van der Waals surface area contributed by atoms with Crippen molar-refractivity contribution in [3.8, 4) is 5.75 Å². The number of anilines is 1. The van der Waals surface area contributed by atoms with Crippen LogP contribution >= 0.6 is 0 Å². The van der Waals surface area contributed by atoms with Crippen LogP contribution in [-0.2, 0) is 9.59 Å². The highest BCUT2D eigenvalue weighted by molar-refractivity contribution is 5.94. The number of ether oxygens (including phenoxy) is 1. The van der Waals surface area contributed by atoms with Gasteiger partial charge in [0, 0.05) is 0 Å². The largest absolute Gasteiger partial charge is 0.495 e. The molecule has 3 aromatic carbocycles. The minimum atomic E-state index is -0.193. The monoisotopic (exact) mass is 419 g/mol. The summed E-state index contributed by atoms with van der Waals surface area (Å²) in [4.78, 5) is 26.9. The first-order chi connectivity index (χ1) is 15.0. The summed E-state index contributed by atoms with van der Waals surface area (Å²) in [7, 11) is 1.56. The summed E-state index contributed by atoms with van der Waals surface area (Å²) in [5.41, 5.74) is 1.66. The third kappa shape index (κ3) is 6.06. The van der Waals surface area contributed by atoms with Crippen molar-refractivity contribution in [1.82, 2.24) is 10.2 Å². The molecular formula is C25H29N3O3. The summed E-state index contributed by atoms with van der Waals surface area (Å²) in [6.45, 7) is 4.74. The van der Waals surface area contributed by atoms with Crippen LogP contribution in [0.5, 0.6) is 5.75 Å². The van der Waals surface area contributed by atoms with E-state index in [4.69, 9.17) is 4.74 Å². The topological polar surface area (TPSA) is 70.7 Å². The molecule has 0 unspecified atom stereocenters. The number of nitrogens with one attached hydrogen (secondary N) is 2. The normalized spacial score (nSPS) is 11.9. The van der Waals surface area contributed by atoms with Gasteiger partial charge in [0.05, 0.1) is 31.9 Å². The molecule has 0 spiro atoms. The van der Waals surface area contributed by atoms with E-state index >= 15 is 0 Å². The molecule has 6 heteroatoms. The third-order valence-electron chi connectivity index (χ3n) is 5.21. The molecule has 2 amide bonds. The number of fused-ring (bicyclic) bond motifs is 1. The van der Waals surface area contributed by atoms with Gasteiger partial charge in [-0.05, 0) is 48.0 Å². The molecule has 0 radical (unpaired) electrons. The number of amides is 2. The molecule has 0 aliphatic heterocycles. The number of para-hydroxylation sites is 2. The maximum absolute atomic E-state index is 12.6. The van der Waals surface area contributed by atoms with Crippen molar-refractivity contribution in [3.63, 3.8) is 0 Å². The van der Waals surface area contributed by atoms with Gasteiger partial charge in [-0.2, -0.15) is 0 Å². The van der Waals surface area contributed by atoms with Crippen LogP contribution in [0, 0.1) is 0 Å². The molecule has 3 rings (SSSR count). The van der Waals surface area contributed by atoms with Gasteiger partial charge in [-0.15, -0.1) is 0 Å². The number of hydrogen-bond acceptors (Lipinski definition) is 4. The van der Waals surface area contributed by atoms with Crippen LogP contribution in [-0.4, -0.2) is 43.5 Å². The lowest BCUT2D eigenvalue weighted by Gasteiger charge is -2.21. The fourth-order valence-corrected chi connectivity index (χ4v) is 3.47. The number of benzene rings is 3. The van der Waals surface area contributed by atoms with Crippen LogP contribution < -0.4 is 15.4 Å². The molecule has 0 bridgehead atoms. The average Bonchev–Trinajstić information content (AvgIpc) is 2.78. The molecule has 162 valence electrons. The van der Waals surface area contributed by atoms with E-state index in [0.717, 1.165) is 10.9 Å². The van der Waals surface area contributed by atoms with Gasteiger partial charge in [0.15, 0.2) is 0 Å². The van der Waals surface area contributed by atoms with Crippen LogP contribution in [0.1, 0.15) is 25.5 Å². The van der Waals surface area contributed by atoms with Gasteiger partial charge in [0.1, 0.15) is 5.75 Å². The number of likely N-dealkylation sites (N-methyl/N-ethyl adjacent to an activating group) is 1. The summed E-state index contributed by atoms with van der Waals surface area (Å²) < 4.78 is 5.26. The van der Waals surface area contributed by atoms with Crippen molar-refractivity contribution in [3.05, 3.63) is 72.3 Å². The zero-order valence-electron chi connectivity index (χ0n) is 18.2. The van der Waals surface area contributed by atoms with E-state index in [-0.39, 0.29) is 30.9 Å². The predicted octanol–water partition coefficient (Wildman–Crippen LogP) is 3.99. The summed E-state index contributed by atoms with van der Waals surface area (Å²) in [5.74, 6) is 0.287. The molecule has 0 aliphatic rings. The van der Waals surface area contributed by atoms with Crippen LogP contribution in [0.3, 0.4) is 0 Å². The molecule has 31 heavy (non-hydrogen) atoms. The molecule has 2 N–H and O–H groups in total. The molecule has 0 heterocycles. The van der Waals surface area contributed by atoms with Crippen molar-refractivity contribution in [2.75, 3.05) is 32.1 Å². The van der Waals surface area contributed by atoms with Crippen LogP contribution in [0.25, 0.3) is 10.8 Å². The van der Waals surface area contributed by atoms with Crippen LogP contribution in [0.4, 0.5) is 5.69 Å². The lowest BCUT2D eigenvalue weighted by atomic mass is 10.0. The van der Waals surface area contributed by atoms with Crippen LogP contribution in [0.15, 0.2) is 66.7 Å². The molecule has 6 nitrogen and oxygen atoms in total. The van der Waals surface area contributed by atoms with Crippen molar-refractivity contribution >= 4 is 28.3 Å². The Balaban J connectivity index is 1.55. The Labute approximate surface area is 183 Å². The Morgan fingerprint density at radius 2 is 1.61 bits per heavy atom. The predicted molar refractivity (Wildman–Crippen MR) is 124 cm³/mol. The quantitative estimate of drug-likeness (QED) is 0.550. The fraction of sp³-hybridized carbons (Fsp3) is 0.280. The van der Waals surface area contributed by atoms with E-state index in [0.29, 0.717) is 18.0 Å². The SMILES string of the molecule is CCN(CC(=O)Nc1ccccc1OC)CC(=O)N[C@H](C)c1ccc2ccccc2c1. The second kappa shape index (κ2) is 10.6. The number of methoxy groups -OCH3 is 1. The van der Waals surface area contributed by atoms with Gasteiger partial charge in [-0.3, -0.25) is 14.5 Å². The standard InChI is InChI=1S/C25H29N3O3/c1-4-28(17-25(30)27-22-11-7-8-12-23(22)31-3)16-24(29)26-18(2)20-14-13-19-9-5-6-10-21(19)15-20/h5-15,18H,4,16-17H2,1-3H3,(H,26,29)(H,27,30)/t18-/m1/s1. The molecular weight excluding hydrogens is 390 g/mol. The number of carbonyl (C=O) groups excluding carboxylic acids is 2. The first-order valence-electron chi connectivity index (χ1n) is 10.4. The van der Waals surface area contributed by atoms with E-state index in [1.807, 2.05) is 44.2 Å². The molecule has 0 aromatic heterocycles. The average molecular weight is 420 g/mol. The summed E-state index contributed by atoms with van der Waals surface area (Å²) in [5, 5.41) is 8.19. The van der Waals surface area contributed by atoms with Gasteiger partial charge >= 0.3 is 0 Å². The van der Waals surface area contributed by atoms with Gasteiger partial charge in [-0.1, -0.05) is 55.5 Å². The van der Waals surface area contributed by atoms with Gasteiger partial charge in [0.25, 0.3) is 0 Å². The van der Waals surface area contributed by atoms with Crippen molar-refractivity contribution in [2.45, 2.75) is 19.9 Å². The Morgan fingerprint density at radius 3 is 2.35 bits per heavy atom. The Kier molecular flexibility index (Phi) is 7.62. The minimum Gasteiger partial charge on any atom is -0.495 e. The van der Waals surface area contributed by atoms with Crippen molar-refractivity contribution in [2.24, 2.45) is 0 Å². The molecule has 0 fully saturated rings. The zero-order chi connectivity index (χ0) is 22.2. The van der Waals surface area contributed by atoms with Crippen LogP contribution in [0.2, 0.25) is 0 Å². The first-order valence-corrected chi connectivity index (χ1v) is 10.4. The first kappa shape index (κ1) is 22.3. The minimum absolute atomic E-state index is 0.117. The third-order valence-corrected chi connectivity index (χ3v) is 5.21. The molecule has 0 saturated carbocycles. The Morgan fingerprint density at radius 1 is 0.935 bits per heavy atom. The number of hydrogen-bond donors (Lipinski definition) is 2. The maximum atomic E-state index is 12.6. The maximum Gasteiger partial charge on any atom is 0.238 e. The second-order valence-electron chi connectivity index (χ2n) is 7.45. The number of rotatable bonds is 9. The van der Waals surface area contributed by atoms with E-state index in [9.17, 15) is 9.59 Å². The second-order valence-corrected chi connectivity index (χ2v) is 7.45. The van der Waals surface area contributed by atoms with Crippen molar-refractivity contribution < 1.29 is 14.3 Å². The van der Waals surface area contributed by atoms with Crippen molar-refractivity contribution in [1.29, 1.82) is 0 Å². The summed E-state index contributed by atoms with van der Waals surface area (Å²) in [6.07, 6.45) is 0. The molecule has 0 aliphatic carbocycles. The van der Waals surface area contributed by atoms with Gasteiger partial charge in [0.2, 0.25) is 11.8 Å². The Bertz CT molecular complexity index is 1050. The van der Waals surface area contributed by atoms with E-state index in [1.165, 1.54) is 5.39 Å².